The highest BCUT2D eigenvalue weighted by Gasteiger charge is 2.43. The van der Waals surface area contributed by atoms with Crippen LogP contribution in [0.3, 0.4) is 0 Å². The molecule has 3 fully saturated rings. The fourth-order valence-corrected chi connectivity index (χ4v) is 4.29. The lowest BCUT2D eigenvalue weighted by atomic mass is 9.78. The Morgan fingerprint density at radius 2 is 2.00 bits per heavy atom. The van der Waals surface area contributed by atoms with Crippen molar-refractivity contribution in [3.05, 3.63) is 35.6 Å². The van der Waals surface area contributed by atoms with Gasteiger partial charge in [0, 0.05) is 38.1 Å². The van der Waals surface area contributed by atoms with Crippen LogP contribution in [0.1, 0.15) is 24.8 Å². The lowest BCUT2D eigenvalue weighted by Crippen LogP contribution is -2.53. The lowest BCUT2D eigenvalue weighted by Gasteiger charge is -2.45. The predicted octanol–water partition coefficient (Wildman–Crippen LogP) is 2.22. The van der Waals surface area contributed by atoms with Crippen molar-refractivity contribution < 1.29 is 18.8 Å². The Hall–Kier alpha value is -1.50. The van der Waals surface area contributed by atoms with Crippen LogP contribution in [0.15, 0.2) is 24.3 Å². The Balaban J connectivity index is 1.43. The summed E-state index contributed by atoms with van der Waals surface area (Å²) in [7, 11) is 0. The summed E-state index contributed by atoms with van der Waals surface area (Å²) in [6.07, 6.45) is 2.79. The highest BCUT2D eigenvalue weighted by Crippen LogP contribution is 2.35. The first kappa shape index (κ1) is 16.9. The average Bonchev–Trinajstić information content (AvgIpc) is 3.17. The summed E-state index contributed by atoms with van der Waals surface area (Å²) in [6.45, 7) is 4.56. The molecule has 1 amide bonds. The zero-order valence-electron chi connectivity index (χ0n) is 14.4. The Morgan fingerprint density at radius 3 is 2.76 bits per heavy atom. The molecule has 3 atom stereocenters. The zero-order chi connectivity index (χ0) is 17.2. The van der Waals surface area contributed by atoms with E-state index >= 15 is 0 Å². The number of rotatable bonds is 3. The standard InChI is InChI=1S/C19H25FN2O3/c20-15-4-2-14(3-5-15)12-21-9-6-18-17(13-21)16(7-11-24-18)19(23)22-8-1-10-25-22/h2-5,16-18H,1,6-13H2/t16-,17+,18-/m1/s1. The van der Waals surface area contributed by atoms with E-state index in [1.807, 2.05) is 12.1 Å². The number of fused-ring (bicyclic) bond motifs is 1. The minimum Gasteiger partial charge on any atom is -0.378 e. The van der Waals surface area contributed by atoms with E-state index in [4.69, 9.17) is 9.57 Å². The molecule has 0 aliphatic carbocycles. The molecule has 6 heteroatoms. The SMILES string of the molecule is O=C([C@@H]1CCO[C@@H]2CCN(Cc3ccc(F)cc3)C[C@H]21)N1CCCO1. The van der Waals surface area contributed by atoms with Crippen molar-refractivity contribution in [3.63, 3.8) is 0 Å². The van der Waals surface area contributed by atoms with Gasteiger partial charge in [0.25, 0.3) is 0 Å². The molecular formula is C19H25FN2O3. The number of benzene rings is 1. The number of ether oxygens (including phenoxy) is 1. The summed E-state index contributed by atoms with van der Waals surface area (Å²) in [5, 5.41) is 1.56. The molecule has 0 aromatic heterocycles. The van der Waals surface area contributed by atoms with E-state index in [0.717, 1.165) is 44.5 Å². The molecule has 0 unspecified atom stereocenters. The van der Waals surface area contributed by atoms with Gasteiger partial charge in [-0.05, 0) is 37.0 Å². The predicted molar refractivity (Wildman–Crippen MR) is 89.9 cm³/mol. The van der Waals surface area contributed by atoms with Crippen LogP contribution in [0.4, 0.5) is 4.39 Å². The molecule has 1 aromatic rings. The fourth-order valence-electron chi connectivity index (χ4n) is 4.29. The molecule has 3 aliphatic heterocycles. The van der Waals surface area contributed by atoms with Crippen LogP contribution < -0.4 is 0 Å². The average molecular weight is 348 g/mol. The highest BCUT2D eigenvalue weighted by atomic mass is 19.1. The first-order chi connectivity index (χ1) is 12.2. The smallest absolute Gasteiger partial charge is 0.249 e. The molecule has 3 saturated heterocycles. The molecule has 136 valence electrons. The maximum atomic E-state index is 13.1. The maximum absolute atomic E-state index is 13.1. The number of carbonyl (C=O) groups excluding carboxylic acids is 1. The molecule has 0 radical (unpaired) electrons. The second-order valence-electron chi connectivity index (χ2n) is 7.25. The topological polar surface area (TPSA) is 42.0 Å². The van der Waals surface area contributed by atoms with Crippen LogP contribution in [0, 0.1) is 17.7 Å². The third-order valence-corrected chi connectivity index (χ3v) is 5.59. The summed E-state index contributed by atoms with van der Waals surface area (Å²) in [4.78, 5) is 20.7. The van der Waals surface area contributed by atoms with E-state index < -0.39 is 0 Å². The summed E-state index contributed by atoms with van der Waals surface area (Å²) in [6, 6.07) is 6.67. The first-order valence-corrected chi connectivity index (χ1v) is 9.23. The van der Waals surface area contributed by atoms with E-state index in [0.29, 0.717) is 19.8 Å². The zero-order valence-corrected chi connectivity index (χ0v) is 14.4. The van der Waals surface area contributed by atoms with Gasteiger partial charge in [-0.1, -0.05) is 12.1 Å². The number of piperidine rings is 1. The second kappa shape index (κ2) is 7.40. The van der Waals surface area contributed by atoms with Gasteiger partial charge in [0.15, 0.2) is 0 Å². The minimum absolute atomic E-state index is 0.0205. The van der Waals surface area contributed by atoms with Crippen molar-refractivity contribution in [1.82, 2.24) is 9.96 Å². The van der Waals surface area contributed by atoms with Gasteiger partial charge < -0.3 is 4.74 Å². The second-order valence-corrected chi connectivity index (χ2v) is 7.25. The summed E-state index contributed by atoms with van der Waals surface area (Å²) >= 11 is 0. The van der Waals surface area contributed by atoms with Gasteiger partial charge in [-0.2, -0.15) is 0 Å². The van der Waals surface area contributed by atoms with Crippen LogP contribution in [0.25, 0.3) is 0 Å². The van der Waals surface area contributed by atoms with E-state index in [1.165, 1.54) is 12.1 Å². The molecule has 3 heterocycles. The number of likely N-dealkylation sites (tertiary alicyclic amines) is 1. The molecule has 0 bridgehead atoms. The molecular weight excluding hydrogens is 323 g/mol. The number of carbonyl (C=O) groups is 1. The van der Waals surface area contributed by atoms with Crippen molar-refractivity contribution >= 4 is 5.91 Å². The van der Waals surface area contributed by atoms with Crippen LogP contribution in [-0.2, 0) is 20.9 Å². The summed E-state index contributed by atoms with van der Waals surface area (Å²) < 4.78 is 19.0. The van der Waals surface area contributed by atoms with Crippen LogP contribution >= 0.6 is 0 Å². The van der Waals surface area contributed by atoms with Crippen LogP contribution in [0.5, 0.6) is 0 Å². The fraction of sp³-hybridized carbons (Fsp3) is 0.632. The Morgan fingerprint density at radius 1 is 1.16 bits per heavy atom. The third-order valence-electron chi connectivity index (χ3n) is 5.59. The number of halogens is 1. The molecule has 3 aliphatic rings. The summed E-state index contributed by atoms with van der Waals surface area (Å²) in [5.41, 5.74) is 1.10. The molecule has 4 rings (SSSR count). The van der Waals surface area contributed by atoms with Gasteiger partial charge in [-0.15, -0.1) is 0 Å². The minimum atomic E-state index is -0.209. The van der Waals surface area contributed by atoms with Gasteiger partial charge in [-0.25, -0.2) is 9.45 Å². The van der Waals surface area contributed by atoms with Gasteiger partial charge >= 0.3 is 0 Å². The van der Waals surface area contributed by atoms with E-state index in [2.05, 4.69) is 4.90 Å². The van der Waals surface area contributed by atoms with Crippen molar-refractivity contribution in [1.29, 1.82) is 0 Å². The van der Waals surface area contributed by atoms with E-state index in [-0.39, 0.29) is 29.7 Å². The number of nitrogens with zero attached hydrogens (tertiary/aromatic N) is 2. The molecule has 0 spiro atoms. The van der Waals surface area contributed by atoms with Crippen molar-refractivity contribution in [3.8, 4) is 0 Å². The quantitative estimate of drug-likeness (QED) is 0.840. The van der Waals surface area contributed by atoms with Gasteiger partial charge in [0.2, 0.25) is 5.91 Å². The molecule has 0 N–H and O–H groups in total. The molecule has 25 heavy (non-hydrogen) atoms. The molecule has 0 saturated carbocycles. The van der Waals surface area contributed by atoms with Gasteiger partial charge in [0.1, 0.15) is 5.82 Å². The molecule has 1 aromatic carbocycles. The normalized spacial score (nSPS) is 30.3. The van der Waals surface area contributed by atoms with Crippen molar-refractivity contribution in [2.24, 2.45) is 11.8 Å². The van der Waals surface area contributed by atoms with Crippen LogP contribution in [0.2, 0.25) is 0 Å². The van der Waals surface area contributed by atoms with Crippen molar-refractivity contribution in [2.75, 3.05) is 32.8 Å². The largest absolute Gasteiger partial charge is 0.378 e. The van der Waals surface area contributed by atoms with E-state index in [9.17, 15) is 9.18 Å². The Labute approximate surface area is 147 Å². The number of hydrogen-bond acceptors (Lipinski definition) is 4. The lowest BCUT2D eigenvalue weighted by molar-refractivity contribution is -0.185. The number of hydrogen-bond donors (Lipinski definition) is 0. The highest BCUT2D eigenvalue weighted by molar-refractivity contribution is 5.78. The van der Waals surface area contributed by atoms with E-state index in [1.54, 1.807) is 5.06 Å². The van der Waals surface area contributed by atoms with Crippen LogP contribution in [-0.4, -0.2) is 54.8 Å². The number of amides is 1. The van der Waals surface area contributed by atoms with Gasteiger partial charge in [0.05, 0.1) is 19.3 Å². The van der Waals surface area contributed by atoms with Gasteiger partial charge in [-0.3, -0.25) is 14.5 Å². The maximum Gasteiger partial charge on any atom is 0.249 e. The molecule has 5 nitrogen and oxygen atoms in total. The Kier molecular flexibility index (Phi) is 5.01. The Bertz CT molecular complexity index is 603. The monoisotopic (exact) mass is 348 g/mol. The van der Waals surface area contributed by atoms with Crippen molar-refractivity contribution in [2.45, 2.75) is 31.9 Å². The number of hydroxylamine groups is 2. The first-order valence-electron chi connectivity index (χ1n) is 9.23. The summed E-state index contributed by atoms with van der Waals surface area (Å²) in [5.74, 6) is 0.103. The third kappa shape index (κ3) is 3.71.